The summed E-state index contributed by atoms with van der Waals surface area (Å²) in [6.07, 6.45) is 4.34. The molecule has 232 valence electrons. The van der Waals surface area contributed by atoms with Gasteiger partial charge in [0.25, 0.3) is 5.91 Å². The number of nitrogens with zero attached hydrogens (tertiary/aromatic N) is 5. The van der Waals surface area contributed by atoms with Gasteiger partial charge >= 0.3 is 0 Å². The number of aromatic nitrogens is 3. The van der Waals surface area contributed by atoms with E-state index in [0.717, 1.165) is 11.6 Å². The largest absolute Gasteiger partial charge is 0.384 e. The average molecular weight is 651 g/mol. The molecule has 11 nitrogen and oxygen atoms in total. The average Bonchev–Trinajstić information content (AvgIpc) is 3.77. The van der Waals surface area contributed by atoms with Crippen LogP contribution in [0.2, 0.25) is 5.02 Å². The Morgan fingerprint density at radius 3 is 2.76 bits per heavy atom. The number of amides is 1. The molecule has 1 aromatic carbocycles. The topological polar surface area (TPSA) is 154 Å². The molecule has 3 aromatic heterocycles. The summed E-state index contributed by atoms with van der Waals surface area (Å²) < 4.78 is 51.1. The lowest BCUT2D eigenvalue weighted by Crippen LogP contribution is -2.43. The van der Waals surface area contributed by atoms with Gasteiger partial charge in [0.1, 0.15) is 33.6 Å². The Balaban J connectivity index is 1.31. The molecule has 2 aliphatic heterocycles. The van der Waals surface area contributed by atoms with Crippen molar-refractivity contribution in [1.82, 2.24) is 19.0 Å². The van der Waals surface area contributed by atoms with Crippen LogP contribution in [0.3, 0.4) is 0 Å². The zero-order valence-electron chi connectivity index (χ0n) is 24.2. The van der Waals surface area contributed by atoms with E-state index in [9.17, 15) is 22.7 Å². The quantitative estimate of drug-likeness (QED) is 0.243. The molecule has 45 heavy (non-hydrogen) atoms. The maximum atomic E-state index is 14.4. The number of aliphatic hydroxyl groups is 1. The van der Waals surface area contributed by atoms with E-state index in [1.807, 2.05) is 30.3 Å². The molecule has 0 radical (unpaired) electrons. The lowest BCUT2D eigenvalue weighted by molar-refractivity contribution is 0.0229. The van der Waals surface area contributed by atoms with Crippen LogP contribution in [-0.2, 0) is 22.2 Å². The Kier molecular flexibility index (Phi) is 7.86. The predicted molar refractivity (Wildman–Crippen MR) is 163 cm³/mol. The summed E-state index contributed by atoms with van der Waals surface area (Å²) in [6.45, 7) is 3.54. The molecule has 0 bridgehead atoms. The first kappa shape index (κ1) is 30.7. The Morgan fingerprint density at radius 1 is 1.27 bits per heavy atom. The minimum absolute atomic E-state index is 0.0308. The molecule has 6 rings (SSSR count). The van der Waals surface area contributed by atoms with Crippen LogP contribution < -0.4 is 5.32 Å². The summed E-state index contributed by atoms with van der Waals surface area (Å²) in [5.74, 6) is -1.27. The maximum absolute atomic E-state index is 14.4. The zero-order valence-corrected chi connectivity index (χ0v) is 25.8. The normalized spacial score (nSPS) is 19.3. The molecule has 1 amide bonds. The van der Waals surface area contributed by atoms with Crippen LogP contribution in [0.1, 0.15) is 60.7 Å². The third-order valence-electron chi connectivity index (χ3n) is 8.15. The van der Waals surface area contributed by atoms with Crippen molar-refractivity contribution in [3.05, 3.63) is 88.4 Å². The fourth-order valence-electron chi connectivity index (χ4n) is 6.10. The number of fused-ring (bicyclic) bond motifs is 1. The van der Waals surface area contributed by atoms with Crippen molar-refractivity contribution in [2.45, 2.75) is 62.2 Å². The summed E-state index contributed by atoms with van der Waals surface area (Å²) in [5, 5.41) is 27.0. The molecular formula is C31H28ClFN6O5S. The van der Waals surface area contributed by atoms with Gasteiger partial charge in [0.15, 0.2) is 5.76 Å². The highest BCUT2D eigenvalue weighted by Gasteiger charge is 2.47. The number of halogens is 2. The molecule has 1 fully saturated rings. The number of rotatable bonds is 8. The second-order valence-corrected chi connectivity index (χ2v) is 13.5. The molecule has 2 N–H and O–H groups in total. The van der Waals surface area contributed by atoms with Crippen molar-refractivity contribution < 1.29 is 27.2 Å². The molecule has 3 unspecified atom stereocenters. The van der Waals surface area contributed by atoms with Crippen LogP contribution in [-0.4, -0.2) is 50.5 Å². The van der Waals surface area contributed by atoms with Gasteiger partial charge in [0.2, 0.25) is 16.0 Å². The van der Waals surface area contributed by atoms with Gasteiger partial charge in [-0.3, -0.25) is 4.79 Å². The Morgan fingerprint density at radius 2 is 2.02 bits per heavy atom. The third kappa shape index (κ3) is 5.55. The van der Waals surface area contributed by atoms with Crippen molar-refractivity contribution in [3.8, 4) is 17.4 Å². The molecule has 0 spiro atoms. The number of carbonyl (C=O) groups is 1. The number of anilines is 1. The van der Waals surface area contributed by atoms with Crippen LogP contribution in [0.15, 0.2) is 64.0 Å². The number of pyridine rings is 1. The van der Waals surface area contributed by atoms with Gasteiger partial charge in [-0.25, -0.2) is 13.4 Å². The molecule has 5 heterocycles. The standard InChI is InChI=1S/C31H28ClFN6O5S/c1-18-10-11-22(16-31(2,41)25-15-24(44-37-25)19-7-4-3-5-8-19)39(18)45(42,43)29-23-9-6-12-38(23)28(27(29)32)30(40)36-20-13-21(17-34)35-26(33)14-20/h3-9,13-15,18,22,41H,10-12,16H2,1-2H3,(H,35,36,40). The first-order chi connectivity index (χ1) is 21.4. The van der Waals surface area contributed by atoms with Crippen LogP contribution in [0.25, 0.3) is 17.4 Å². The van der Waals surface area contributed by atoms with Gasteiger partial charge in [-0.2, -0.15) is 14.0 Å². The van der Waals surface area contributed by atoms with Gasteiger partial charge in [-0.05, 0) is 45.3 Å². The summed E-state index contributed by atoms with van der Waals surface area (Å²) in [5.41, 5.74) is -0.642. The fraction of sp³-hybridized carbons (Fsp3) is 0.290. The van der Waals surface area contributed by atoms with E-state index in [1.165, 1.54) is 14.9 Å². The lowest BCUT2D eigenvalue weighted by Gasteiger charge is -2.32. The van der Waals surface area contributed by atoms with Crippen molar-refractivity contribution >= 4 is 39.3 Å². The van der Waals surface area contributed by atoms with E-state index in [-0.39, 0.29) is 51.3 Å². The summed E-state index contributed by atoms with van der Waals surface area (Å²) >= 11 is 6.71. The van der Waals surface area contributed by atoms with Crippen LogP contribution in [0.4, 0.5) is 10.1 Å². The second kappa shape index (κ2) is 11.5. The molecular weight excluding hydrogens is 623 g/mol. The SMILES string of the molecule is CC1CCC(CC(C)(O)c2cc(-c3ccccc3)on2)N1S(=O)(=O)c1c(Cl)c(C(=O)Nc2cc(F)nc(C#N)c2)n2c1C=CC2. The highest BCUT2D eigenvalue weighted by atomic mass is 35.5. The molecule has 1 saturated heterocycles. The molecule has 2 aliphatic rings. The van der Waals surface area contributed by atoms with Gasteiger partial charge in [-0.1, -0.05) is 53.2 Å². The van der Waals surface area contributed by atoms with Gasteiger partial charge in [0, 0.05) is 42.0 Å². The molecule has 0 aliphatic carbocycles. The zero-order chi connectivity index (χ0) is 32.1. The fourth-order valence-corrected chi connectivity index (χ4v) is 8.81. The maximum Gasteiger partial charge on any atom is 0.273 e. The smallest absolute Gasteiger partial charge is 0.273 e. The van der Waals surface area contributed by atoms with E-state index in [0.29, 0.717) is 18.6 Å². The monoisotopic (exact) mass is 650 g/mol. The first-order valence-corrected chi connectivity index (χ1v) is 16.0. The first-order valence-electron chi connectivity index (χ1n) is 14.2. The number of carbonyl (C=O) groups excluding carboxylic acids is 1. The van der Waals surface area contributed by atoms with Crippen molar-refractivity contribution in [1.29, 1.82) is 5.26 Å². The minimum Gasteiger partial charge on any atom is -0.384 e. The highest BCUT2D eigenvalue weighted by molar-refractivity contribution is 7.89. The van der Waals surface area contributed by atoms with E-state index < -0.39 is 39.6 Å². The van der Waals surface area contributed by atoms with E-state index in [4.69, 9.17) is 21.4 Å². The van der Waals surface area contributed by atoms with Gasteiger partial charge < -0.3 is 19.5 Å². The van der Waals surface area contributed by atoms with Crippen LogP contribution in [0, 0.1) is 17.3 Å². The number of hydrogen-bond acceptors (Lipinski definition) is 8. The number of sulfonamides is 1. The van der Waals surface area contributed by atoms with E-state index >= 15 is 0 Å². The Hall–Kier alpha value is -4.35. The lowest BCUT2D eigenvalue weighted by atomic mass is 9.92. The van der Waals surface area contributed by atoms with Gasteiger partial charge in [0.05, 0.1) is 10.7 Å². The Labute approximate surface area is 263 Å². The number of allylic oxidation sites excluding steroid dienone is 1. The van der Waals surface area contributed by atoms with Crippen LogP contribution in [0.5, 0.6) is 0 Å². The molecule has 14 heteroatoms. The summed E-state index contributed by atoms with van der Waals surface area (Å²) in [7, 11) is -4.31. The number of hydrogen-bond donors (Lipinski definition) is 2. The van der Waals surface area contributed by atoms with Crippen molar-refractivity contribution in [2.24, 2.45) is 0 Å². The summed E-state index contributed by atoms with van der Waals surface area (Å²) in [6, 6.07) is 13.8. The number of benzene rings is 1. The Bertz CT molecular complexity index is 1980. The van der Waals surface area contributed by atoms with Crippen molar-refractivity contribution in [2.75, 3.05) is 5.32 Å². The molecule has 4 aromatic rings. The number of nitrogens with one attached hydrogen (secondary N) is 1. The third-order valence-corrected chi connectivity index (χ3v) is 10.8. The highest BCUT2D eigenvalue weighted by Crippen LogP contribution is 2.43. The van der Waals surface area contributed by atoms with E-state index in [2.05, 4.69) is 15.5 Å². The number of nitriles is 1. The second-order valence-electron chi connectivity index (χ2n) is 11.4. The molecule has 0 saturated carbocycles. The predicted octanol–water partition coefficient (Wildman–Crippen LogP) is 5.32. The minimum atomic E-state index is -4.31. The summed E-state index contributed by atoms with van der Waals surface area (Å²) in [4.78, 5) is 16.6. The van der Waals surface area contributed by atoms with Crippen LogP contribution >= 0.6 is 11.6 Å². The molecule has 3 atom stereocenters. The van der Waals surface area contributed by atoms with Gasteiger partial charge in [-0.15, -0.1) is 0 Å². The van der Waals surface area contributed by atoms with Crippen molar-refractivity contribution in [3.63, 3.8) is 0 Å². The van der Waals surface area contributed by atoms with E-state index in [1.54, 1.807) is 38.1 Å².